The second-order valence-corrected chi connectivity index (χ2v) is 6.55. The highest BCUT2D eigenvalue weighted by Gasteiger charge is 2.24. The number of benzene rings is 2. The number of aromatic nitrogens is 1. The summed E-state index contributed by atoms with van der Waals surface area (Å²) in [6, 6.07) is 12.6. The number of amides is 1. The van der Waals surface area contributed by atoms with Gasteiger partial charge in [-0.1, -0.05) is 17.7 Å². The van der Waals surface area contributed by atoms with Crippen molar-refractivity contribution in [3.63, 3.8) is 0 Å². The molecule has 2 N–H and O–H groups in total. The molecular formula is C20H19FN2O. The molecule has 0 spiro atoms. The lowest BCUT2D eigenvalue weighted by molar-refractivity contribution is 0.0933. The number of halogens is 1. The first-order valence-corrected chi connectivity index (χ1v) is 8.26. The fraction of sp³-hybridized carbons (Fsp3) is 0.250. The van der Waals surface area contributed by atoms with Crippen molar-refractivity contribution in [1.29, 1.82) is 0 Å². The molecule has 2 aromatic carbocycles. The first kappa shape index (κ1) is 14.9. The van der Waals surface area contributed by atoms with E-state index in [0.717, 1.165) is 41.4 Å². The van der Waals surface area contributed by atoms with E-state index in [9.17, 15) is 9.18 Å². The van der Waals surface area contributed by atoms with Gasteiger partial charge < -0.3 is 10.3 Å². The number of carbonyl (C=O) groups is 1. The predicted octanol–water partition coefficient (Wildman–Crippen LogP) is 3.90. The van der Waals surface area contributed by atoms with Gasteiger partial charge >= 0.3 is 0 Å². The summed E-state index contributed by atoms with van der Waals surface area (Å²) in [7, 11) is 0. The average Bonchev–Trinajstić information content (AvgIpc) is 2.91. The van der Waals surface area contributed by atoms with E-state index in [1.54, 1.807) is 0 Å². The van der Waals surface area contributed by atoms with Crippen molar-refractivity contribution in [2.45, 2.75) is 32.2 Å². The van der Waals surface area contributed by atoms with Crippen LogP contribution in [-0.4, -0.2) is 16.9 Å². The molecule has 4 rings (SSSR count). The second kappa shape index (κ2) is 5.78. The molecular weight excluding hydrogens is 303 g/mol. The van der Waals surface area contributed by atoms with Crippen molar-refractivity contribution in [2.75, 3.05) is 0 Å². The maximum atomic E-state index is 13.4. The molecule has 122 valence electrons. The third-order valence-electron chi connectivity index (χ3n) is 4.77. The summed E-state index contributed by atoms with van der Waals surface area (Å²) in [4.78, 5) is 15.8. The Morgan fingerprint density at radius 1 is 1.25 bits per heavy atom. The summed E-state index contributed by atoms with van der Waals surface area (Å²) in [5.74, 6) is -0.261. The molecule has 1 heterocycles. The average molecular weight is 322 g/mol. The van der Waals surface area contributed by atoms with Crippen LogP contribution in [0.3, 0.4) is 0 Å². The van der Waals surface area contributed by atoms with Gasteiger partial charge in [-0.05, 0) is 62.1 Å². The Bertz CT molecular complexity index is 929. The molecule has 1 unspecified atom stereocenters. The highest BCUT2D eigenvalue weighted by Crippen LogP contribution is 2.29. The molecule has 1 amide bonds. The normalized spacial score (nSPS) is 16.8. The van der Waals surface area contributed by atoms with Crippen LogP contribution in [0.2, 0.25) is 0 Å². The number of fused-ring (bicyclic) bond motifs is 3. The SMILES string of the molecule is Cc1cccc(C(=O)NC2CCc3[nH]c4cc(F)ccc4c3C2)c1. The van der Waals surface area contributed by atoms with Crippen LogP contribution in [0.15, 0.2) is 42.5 Å². The summed E-state index contributed by atoms with van der Waals surface area (Å²) < 4.78 is 13.4. The zero-order valence-corrected chi connectivity index (χ0v) is 13.5. The fourth-order valence-corrected chi connectivity index (χ4v) is 3.58. The number of carbonyl (C=O) groups excluding carboxylic acids is 1. The summed E-state index contributed by atoms with van der Waals surface area (Å²) in [6.07, 6.45) is 2.53. The molecule has 4 heteroatoms. The van der Waals surface area contributed by atoms with Crippen molar-refractivity contribution in [3.05, 3.63) is 70.7 Å². The zero-order chi connectivity index (χ0) is 16.7. The smallest absolute Gasteiger partial charge is 0.251 e. The van der Waals surface area contributed by atoms with Gasteiger partial charge in [0.05, 0.1) is 0 Å². The van der Waals surface area contributed by atoms with Crippen molar-refractivity contribution in [3.8, 4) is 0 Å². The number of aryl methyl sites for hydroxylation is 2. The van der Waals surface area contributed by atoms with Gasteiger partial charge in [-0.25, -0.2) is 4.39 Å². The van der Waals surface area contributed by atoms with Crippen LogP contribution < -0.4 is 5.32 Å². The first-order chi connectivity index (χ1) is 11.6. The van der Waals surface area contributed by atoms with E-state index < -0.39 is 0 Å². The molecule has 0 fully saturated rings. The third-order valence-corrected chi connectivity index (χ3v) is 4.77. The van der Waals surface area contributed by atoms with Crippen LogP contribution in [0, 0.1) is 12.7 Å². The molecule has 1 aliphatic carbocycles. The number of hydrogen-bond donors (Lipinski definition) is 2. The Balaban J connectivity index is 1.56. The Labute approximate surface area is 139 Å². The molecule has 24 heavy (non-hydrogen) atoms. The minimum Gasteiger partial charge on any atom is -0.358 e. The minimum absolute atomic E-state index is 0.0296. The number of aromatic amines is 1. The zero-order valence-electron chi connectivity index (χ0n) is 13.5. The monoisotopic (exact) mass is 322 g/mol. The largest absolute Gasteiger partial charge is 0.358 e. The summed E-state index contributed by atoms with van der Waals surface area (Å²) in [6.45, 7) is 1.98. The third kappa shape index (κ3) is 2.68. The van der Waals surface area contributed by atoms with Crippen molar-refractivity contribution < 1.29 is 9.18 Å². The van der Waals surface area contributed by atoms with E-state index in [4.69, 9.17) is 0 Å². The fourth-order valence-electron chi connectivity index (χ4n) is 3.58. The number of hydrogen-bond acceptors (Lipinski definition) is 1. The Morgan fingerprint density at radius 2 is 2.12 bits per heavy atom. The van der Waals surface area contributed by atoms with Crippen molar-refractivity contribution >= 4 is 16.8 Å². The van der Waals surface area contributed by atoms with Gasteiger partial charge in [-0.3, -0.25) is 4.79 Å². The van der Waals surface area contributed by atoms with Crippen LogP contribution in [-0.2, 0) is 12.8 Å². The highest BCUT2D eigenvalue weighted by atomic mass is 19.1. The van der Waals surface area contributed by atoms with Crippen LogP contribution in [0.1, 0.15) is 33.6 Å². The maximum absolute atomic E-state index is 13.4. The summed E-state index contributed by atoms with van der Waals surface area (Å²) in [5, 5.41) is 4.20. The number of rotatable bonds is 2. The topological polar surface area (TPSA) is 44.9 Å². The lowest BCUT2D eigenvalue weighted by Crippen LogP contribution is -2.38. The molecule has 1 aromatic heterocycles. The van der Waals surface area contributed by atoms with Crippen LogP contribution in [0.5, 0.6) is 0 Å². The van der Waals surface area contributed by atoms with Crippen LogP contribution in [0.25, 0.3) is 10.9 Å². The first-order valence-electron chi connectivity index (χ1n) is 8.26. The Kier molecular flexibility index (Phi) is 3.60. The number of nitrogens with one attached hydrogen (secondary N) is 2. The van der Waals surface area contributed by atoms with Crippen molar-refractivity contribution in [1.82, 2.24) is 10.3 Å². The van der Waals surface area contributed by atoms with Gasteiger partial charge in [0, 0.05) is 28.2 Å². The molecule has 0 aliphatic heterocycles. The second-order valence-electron chi connectivity index (χ2n) is 6.55. The van der Waals surface area contributed by atoms with Gasteiger partial charge in [0.15, 0.2) is 0 Å². The van der Waals surface area contributed by atoms with Crippen LogP contribution >= 0.6 is 0 Å². The van der Waals surface area contributed by atoms with E-state index in [-0.39, 0.29) is 17.8 Å². The lowest BCUT2D eigenvalue weighted by Gasteiger charge is -2.23. The lowest BCUT2D eigenvalue weighted by atomic mass is 9.91. The van der Waals surface area contributed by atoms with Gasteiger partial charge in [-0.2, -0.15) is 0 Å². The molecule has 3 aromatic rings. The summed E-state index contributed by atoms with van der Waals surface area (Å²) >= 11 is 0. The standard InChI is InChI=1S/C20H19FN2O/c1-12-3-2-4-13(9-12)20(24)22-15-6-8-18-17(11-15)16-7-5-14(21)10-19(16)23-18/h2-5,7,9-10,15,23H,6,8,11H2,1H3,(H,22,24). The minimum atomic E-state index is -0.231. The molecule has 3 nitrogen and oxygen atoms in total. The Morgan fingerprint density at radius 3 is 2.96 bits per heavy atom. The van der Waals surface area contributed by atoms with E-state index in [0.29, 0.717) is 5.56 Å². The molecule has 1 atom stereocenters. The summed E-state index contributed by atoms with van der Waals surface area (Å²) in [5.41, 5.74) is 4.97. The predicted molar refractivity (Wildman–Crippen MR) is 92.7 cm³/mol. The molecule has 0 saturated carbocycles. The quantitative estimate of drug-likeness (QED) is 0.738. The molecule has 1 aliphatic rings. The van der Waals surface area contributed by atoms with Gasteiger partial charge in [0.25, 0.3) is 5.91 Å². The van der Waals surface area contributed by atoms with Gasteiger partial charge in [0.1, 0.15) is 5.82 Å². The van der Waals surface area contributed by atoms with Crippen LogP contribution in [0.4, 0.5) is 4.39 Å². The van der Waals surface area contributed by atoms with Crippen molar-refractivity contribution in [2.24, 2.45) is 0 Å². The number of H-pyrrole nitrogens is 1. The van der Waals surface area contributed by atoms with E-state index in [1.165, 1.54) is 17.7 Å². The molecule has 0 bridgehead atoms. The van der Waals surface area contributed by atoms with E-state index in [1.807, 2.05) is 37.3 Å². The van der Waals surface area contributed by atoms with E-state index >= 15 is 0 Å². The van der Waals surface area contributed by atoms with Gasteiger partial charge in [-0.15, -0.1) is 0 Å². The highest BCUT2D eigenvalue weighted by molar-refractivity contribution is 5.94. The van der Waals surface area contributed by atoms with E-state index in [2.05, 4.69) is 10.3 Å². The Hall–Kier alpha value is -2.62. The maximum Gasteiger partial charge on any atom is 0.251 e. The molecule has 0 radical (unpaired) electrons. The molecule has 0 saturated heterocycles. The van der Waals surface area contributed by atoms with Gasteiger partial charge in [0.2, 0.25) is 0 Å².